The molecule has 0 amide bonds. The van der Waals surface area contributed by atoms with Crippen LogP contribution in [-0.2, 0) is 14.3 Å². The average Bonchev–Trinajstić information content (AvgIpc) is 2.57. The van der Waals surface area contributed by atoms with Crippen LogP contribution in [-0.4, -0.2) is 41.3 Å². The van der Waals surface area contributed by atoms with E-state index in [4.69, 9.17) is 0 Å². The lowest BCUT2D eigenvalue weighted by Gasteiger charge is -2.36. The fraction of sp³-hybridized carbons (Fsp3) is 0.833. The molecule has 2 unspecified atom stereocenters. The van der Waals surface area contributed by atoms with Gasteiger partial charge in [0.15, 0.2) is 5.78 Å². The normalized spacial score (nSPS) is 41.8. The topological polar surface area (TPSA) is 83.8 Å². The van der Waals surface area contributed by atoms with Crippen LogP contribution in [0.25, 0.3) is 0 Å². The Hall–Kier alpha value is -0.940. The highest BCUT2D eigenvalue weighted by atomic mass is 16.5. The maximum absolute atomic E-state index is 12.3. The van der Waals surface area contributed by atoms with Crippen molar-refractivity contribution in [2.75, 3.05) is 7.11 Å². The summed E-state index contributed by atoms with van der Waals surface area (Å²) in [6.45, 7) is 0. The second-order valence-corrected chi connectivity index (χ2v) is 5.08. The molecule has 0 saturated heterocycles. The second kappa shape index (κ2) is 4.38. The molecule has 17 heavy (non-hydrogen) atoms. The van der Waals surface area contributed by atoms with Gasteiger partial charge in [0.1, 0.15) is 5.92 Å². The fourth-order valence-electron chi connectivity index (χ4n) is 3.11. The summed E-state index contributed by atoms with van der Waals surface area (Å²) in [5, 5.41) is 19.5. The maximum Gasteiger partial charge on any atom is 0.316 e. The van der Waals surface area contributed by atoms with Crippen LogP contribution in [0.2, 0.25) is 0 Å². The number of esters is 1. The van der Waals surface area contributed by atoms with Crippen molar-refractivity contribution in [3.63, 3.8) is 0 Å². The third kappa shape index (κ3) is 1.87. The fourth-order valence-corrected chi connectivity index (χ4v) is 3.11. The summed E-state index contributed by atoms with van der Waals surface area (Å²) in [6, 6.07) is 0. The molecule has 2 N–H and O–H groups in total. The van der Waals surface area contributed by atoms with Gasteiger partial charge in [-0.05, 0) is 32.1 Å². The number of ether oxygens (including phenoxy) is 1. The Balaban J connectivity index is 2.19. The molecule has 2 rings (SSSR count). The van der Waals surface area contributed by atoms with Gasteiger partial charge in [0.25, 0.3) is 0 Å². The van der Waals surface area contributed by atoms with E-state index in [1.807, 2.05) is 0 Å². The monoisotopic (exact) mass is 242 g/mol. The van der Waals surface area contributed by atoms with Gasteiger partial charge in [-0.25, -0.2) is 0 Å². The van der Waals surface area contributed by atoms with Gasteiger partial charge in [0, 0.05) is 0 Å². The number of Topliss-reactive ketones (excluding diaryl/α,β-unsaturated/α-hetero) is 1. The molecule has 0 bridgehead atoms. The minimum Gasteiger partial charge on any atom is -0.468 e. The second-order valence-electron chi connectivity index (χ2n) is 5.08. The quantitative estimate of drug-likeness (QED) is 0.500. The van der Waals surface area contributed by atoms with Crippen molar-refractivity contribution in [1.29, 1.82) is 0 Å². The number of methoxy groups -OCH3 is 1. The van der Waals surface area contributed by atoms with E-state index in [1.54, 1.807) is 0 Å². The van der Waals surface area contributed by atoms with Gasteiger partial charge in [0.2, 0.25) is 0 Å². The number of aliphatic hydroxyl groups excluding tert-OH is 2. The van der Waals surface area contributed by atoms with E-state index in [9.17, 15) is 19.8 Å². The van der Waals surface area contributed by atoms with Crippen LogP contribution in [0.5, 0.6) is 0 Å². The van der Waals surface area contributed by atoms with Crippen molar-refractivity contribution in [1.82, 2.24) is 0 Å². The minimum absolute atomic E-state index is 0.154. The molecule has 96 valence electrons. The Bertz CT molecular complexity index is 330. The smallest absolute Gasteiger partial charge is 0.316 e. The van der Waals surface area contributed by atoms with Crippen LogP contribution in [0.4, 0.5) is 0 Å². The predicted molar refractivity (Wildman–Crippen MR) is 58.0 cm³/mol. The van der Waals surface area contributed by atoms with E-state index in [0.29, 0.717) is 25.7 Å². The number of hydrogen-bond donors (Lipinski definition) is 2. The van der Waals surface area contributed by atoms with Crippen LogP contribution < -0.4 is 0 Å². The van der Waals surface area contributed by atoms with Gasteiger partial charge >= 0.3 is 5.97 Å². The third-order valence-corrected chi connectivity index (χ3v) is 4.24. The zero-order valence-electron chi connectivity index (χ0n) is 9.89. The molecule has 5 nitrogen and oxygen atoms in total. The molecule has 2 aliphatic carbocycles. The first kappa shape index (κ1) is 12.5. The SMILES string of the molecule is COC(=O)C1CC(O)C2(CCC(O)CC2)C1=O. The molecular formula is C12H18O5. The first-order valence-electron chi connectivity index (χ1n) is 5.99. The number of aliphatic hydroxyl groups is 2. The summed E-state index contributed by atoms with van der Waals surface area (Å²) >= 11 is 0. The predicted octanol–water partition coefficient (Wildman–Crippen LogP) is 0.0306. The lowest BCUT2D eigenvalue weighted by Crippen LogP contribution is -2.42. The summed E-state index contributed by atoms with van der Waals surface area (Å²) in [5.74, 6) is -1.59. The molecular weight excluding hydrogens is 224 g/mol. The molecule has 0 radical (unpaired) electrons. The average molecular weight is 242 g/mol. The highest BCUT2D eigenvalue weighted by Crippen LogP contribution is 2.49. The molecule has 2 atom stereocenters. The van der Waals surface area contributed by atoms with Gasteiger partial charge in [0.05, 0.1) is 24.7 Å². The zero-order chi connectivity index (χ0) is 12.6. The molecule has 0 aromatic rings. The van der Waals surface area contributed by atoms with Crippen LogP contribution in [0.1, 0.15) is 32.1 Å². The lowest BCUT2D eigenvalue weighted by atomic mass is 9.69. The largest absolute Gasteiger partial charge is 0.468 e. The molecule has 5 heteroatoms. The van der Waals surface area contributed by atoms with Crippen molar-refractivity contribution >= 4 is 11.8 Å². The van der Waals surface area contributed by atoms with Crippen LogP contribution >= 0.6 is 0 Å². The Kier molecular flexibility index (Phi) is 3.23. The van der Waals surface area contributed by atoms with Crippen molar-refractivity contribution in [3.05, 3.63) is 0 Å². The molecule has 1 spiro atoms. The Morgan fingerprint density at radius 2 is 1.94 bits per heavy atom. The molecule has 0 heterocycles. The molecule has 2 aliphatic rings. The maximum atomic E-state index is 12.3. The number of hydrogen-bond acceptors (Lipinski definition) is 5. The summed E-state index contributed by atoms with van der Waals surface area (Å²) in [5.41, 5.74) is -0.821. The lowest BCUT2D eigenvalue weighted by molar-refractivity contribution is -0.150. The van der Waals surface area contributed by atoms with Crippen molar-refractivity contribution in [3.8, 4) is 0 Å². The summed E-state index contributed by atoms with van der Waals surface area (Å²) in [4.78, 5) is 23.7. The summed E-state index contributed by atoms with van der Waals surface area (Å²) < 4.78 is 4.59. The molecule has 0 aliphatic heterocycles. The Morgan fingerprint density at radius 3 is 2.47 bits per heavy atom. The Labute approximate surface area is 99.8 Å². The summed E-state index contributed by atoms with van der Waals surface area (Å²) in [6.07, 6.45) is 0.919. The molecule has 2 fully saturated rings. The zero-order valence-corrected chi connectivity index (χ0v) is 9.89. The van der Waals surface area contributed by atoms with Gasteiger partial charge in [-0.1, -0.05) is 0 Å². The van der Waals surface area contributed by atoms with E-state index < -0.39 is 29.5 Å². The number of ketones is 1. The first-order valence-corrected chi connectivity index (χ1v) is 5.99. The van der Waals surface area contributed by atoms with Crippen molar-refractivity contribution in [2.45, 2.75) is 44.3 Å². The first-order chi connectivity index (χ1) is 8.01. The Morgan fingerprint density at radius 1 is 1.35 bits per heavy atom. The van der Waals surface area contributed by atoms with Crippen molar-refractivity contribution in [2.24, 2.45) is 11.3 Å². The minimum atomic E-state index is -0.828. The van der Waals surface area contributed by atoms with E-state index in [-0.39, 0.29) is 12.2 Å². The molecule has 0 aromatic carbocycles. The molecule has 2 saturated carbocycles. The highest BCUT2D eigenvalue weighted by Gasteiger charge is 2.57. The standard InChI is InChI=1S/C12H18O5/c1-17-11(16)8-6-9(14)12(10(8)15)4-2-7(13)3-5-12/h7-9,13-14H,2-6H2,1H3. The van der Waals surface area contributed by atoms with E-state index >= 15 is 0 Å². The van der Waals surface area contributed by atoms with Crippen LogP contribution in [0.15, 0.2) is 0 Å². The number of carbonyl (C=O) groups is 2. The van der Waals surface area contributed by atoms with E-state index in [1.165, 1.54) is 7.11 Å². The van der Waals surface area contributed by atoms with Crippen LogP contribution in [0.3, 0.4) is 0 Å². The number of carbonyl (C=O) groups excluding carboxylic acids is 2. The number of rotatable bonds is 1. The molecule has 0 aromatic heterocycles. The van der Waals surface area contributed by atoms with Gasteiger partial charge in [-0.15, -0.1) is 0 Å². The van der Waals surface area contributed by atoms with Crippen LogP contribution in [0, 0.1) is 11.3 Å². The highest BCUT2D eigenvalue weighted by molar-refractivity contribution is 6.04. The van der Waals surface area contributed by atoms with Gasteiger partial charge < -0.3 is 14.9 Å². The third-order valence-electron chi connectivity index (χ3n) is 4.24. The van der Waals surface area contributed by atoms with Crippen molar-refractivity contribution < 1.29 is 24.5 Å². The van der Waals surface area contributed by atoms with E-state index in [2.05, 4.69) is 4.74 Å². The van der Waals surface area contributed by atoms with Gasteiger partial charge in [-0.2, -0.15) is 0 Å². The summed E-state index contributed by atoms with van der Waals surface area (Å²) in [7, 11) is 1.25. The van der Waals surface area contributed by atoms with E-state index in [0.717, 1.165) is 0 Å². The van der Waals surface area contributed by atoms with Gasteiger partial charge in [-0.3, -0.25) is 9.59 Å².